The molecule has 2 aromatic carbocycles. The SMILES string of the molecule is COc1ccc(-n2nnnc2C(F)(F)F)cc1CN[C@H]1CCN(C(=O)C(C)NC(C)=O)C[C@H]1c1ccccc1. The van der Waals surface area contributed by atoms with Crippen molar-refractivity contribution < 1.29 is 27.5 Å². The second kappa shape index (κ2) is 11.8. The van der Waals surface area contributed by atoms with Crippen LogP contribution in [-0.4, -0.2) is 69.2 Å². The molecule has 39 heavy (non-hydrogen) atoms. The normalized spacial score (nSPS) is 18.5. The number of nitrogens with zero attached hydrogens (tertiary/aromatic N) is 5. The highest BCUT2D eigenvalue weighted by Crippen LogP contribution is 2.31. The smallest absolute Gasteiger partial charge is 0.453 e. The Bertz CT molecular complexity index is 1300. The Hall–Kier alpha value is -4.00. The first kappa shape index (κ1) is 28.0. The Morgan fingerprint density at radius 3 is 2.59 bits per heavy atom. The average Bonchev–Trinajstić information content (AvgIpc) is 3.42. The molecule has 13 heteroatoms. The first-order valence-electron chi connectivity index (χ1n) is 12.5. The van der Waals surface area contributed by atoms with E-state index in [4.69, 9.17) is 4.74 Å². The number of amides is 2. The maximum absolute atomic E-state index is 13.4. The van der Waals surface area contributed by atoms with Gasteiger partial charge in [-0.25, -0.2) is 0 Å². The Morgan fingerprint density at radius 1 is 1.18 bits per heavy atom. The van der Waals surface area contributed by atoms with Crippen molar-refractivity contribution in [2.75, 3.05) is 20.2 Å². The minimum Gasteiger partial charge on any atom is -0.496 e. The van der Waals surface area contributed by atoms with Gasteiger partial charge in [0.15, 0.2) is 0 Å². The molecule has 3 atom stereocenters. The summed E-state index contributed by atoms with van der Waals surface area (Å²) in [5, 5.41) is 16.0. The third-order valence-corrected chi connectivity index (χ3v) is 6.73. The first-order valence-corrected chi connectivity index (χ1v) is 12.5. The minimum absolute atomic E-state index is 0.0420. The molecule has 0 aliphatic carbocycles. The van der Waals surface area contributed by atoms with Gasteiger partial charge in [0.05, 0.1) is 12.8 Å². The fourth-order valence-corrected chi connectivity index (χ4v) is 4.89. The number of rotatable bonds is 8. The monoisotopic (exact) mass is 545 g/mol. The number of hydrogen-bond donors (Lipinski definition) is 2. The molecular weight excluding hydrogens is 515 g/mol. The van der Waals surface area contributed by atoms with E-state index in [9.17, 15) is 22.8 Å². The van der Waals surface area contributed by atoms with Gasteiger partial charge < -0.3 is 20.3 Å². The number of tetrazole rings is 1. The van der Waals surface area contributed by atoms with Gasteiger partial charge >= 0.3 is 6.18 Å². The number of likely N-dealkylation sites (tertiary alicyclic amines) is 1. The summed E-state index contributed by atoms with van der Waals surface area (Å²) in [6, 6.07) is 13.7. The van der Waals surface area contributed by atoms with Gasteiger partial charge in [-0.15, -0.1) is 5.10 Å². The topological polar surface area (TPSA) is 114 Å². The summed E-state index contributed by atoms with van der Waals surface area (Å²) >= 11 is 0. The van der Waals surface area contributed by atoms with Gasteiger partial charge in [-0.1, -0.05) is 30.3 Å². The summed E-state index contributed by atoms with van der Waals surface area (Å²) in [6.07, 6.45) is -4.08. The fraction of sp³-hybridized carbons (Fsp3) is 0.423. The number of halogens is 3. The number of carbonyl (C=O) groups excluding carboxylic acids is 2. The molecule has 0 bridgehead atoms. The summed E-state index contributed by atoms with van der Waals surface area (Å²) in [6.45, 7) is 4.27. The Morgan fingerprint density at radius 2 is 1.92 bits per heavy atom. The van der Waals surface area contributed by atoms with Crippen LogP contribution in [0.1, 0.15) is 43.1 Å². The fourth-order valence-electron chi connectivity index (χ4n) is 4.89. The van der Waals surface area contributed by atoms with Gasteiger partial charge in [-0.2, -0.15) is 17.9 Å². The zero-order valence-electron chi connectivity index (χ0n) is 21.8. The second-order valence-electron chi connectivity index (χ2n) is 9.41. The van der Waals surface area contributed by atoms with Gasteiger partial charge in [0.2, 0.25) is 11.8 Å². The Labute approximate surface area is 223 Å². The van der Waals surface area contributed by atoms with Gasteiger partial charge in [-0.3, -0.25) is 9.59 Å². The molecule has 4 rings (SSSR count). The van der Waals surface area contributed by atoms with E-state index in [0.717, 1.165) is 5.56 Å². The number of piperidine rings is 1. The maximum Gasteiger partial charge on any atom is 0.453 e. The van der Waals surface area contributed by atoms with E-state index in [2.05, 4.69) is 26.2 Å². The molecule has 10 nitrogen and oxygen atoms in total. The molecule has 0 spiro atoms. The molecule has 1 saturated heterocycles. The summed E-state index contributed by atoms with van der Waals surface area (Å²) in [7, 11) is 1.49. The van der Waals surface area contributed by atoms with Crippen molar-refractivity contribution in [1.82, 2.24) is 35.7 Å². The van der Waals surface area contributed by atoms with Crippen LogP contribution in [-0.2, 0) is 22.3 Å². The highest BCUT2D eigenvalue weighted by atomic mass is 19.4. The van der Waals surface area contributed by atoms with Crippen molar-refractivity contribution in [1.29, 1.82) is 0 Å². The van der Waals surface area contributed by atoms with Crippen molar-refractivity contribution in [3.63, 3.8) is 0 Å². The zero-order chi connectivity index (χ0) is 28.2. The number of benzene rings is 2. The molecule has 1 aliphatic rings. The summed E-state index contributed by atoms with van der Waals surface area (Å²) < 4.78 is 46.2. The highest BCUT2D eigenvalue weighted by molar-refractivity contribution is 5.86. The van der Waals surface area contributed by atoms with Crippen molar-refractivity contribution in [3.05, 3.63) is 65.5 Å². The highest BCUT2D eigenvalue weighted by Gasteiger charge is 2.39. The minimum atomic E-state index is -4.71. The molecule has 3 aromatic rings. The third kappa shape index (κ3) is 6.53. The molecule has 1 aromatic heterocycles. The van der Waals surface area contributed by atoms with Gasteiger partial charge in [0.25, 0.3) is 5.82 Å². The number of methoxy groups -OCH3 is 1. The van der Waals surface area contributed by atoms with Crippen LogP contribution >= 0.6 is 0 Å². The first-order chi connectivity index (χ1) is 18.6. The lowest BCUT2D eigenvalue weighted by atomic mass is 9.85. The summed E-state index contributed by atoms with van der Waals surface area (Å²) in [5.41, 5.74) is 1.82. The number of carbonyl (C=O) groups is 2. The number of ether oxygens (including phenoxy) is 1. The Balaban J connectivity index is 1.55. The van der Waals surface area contributed by atoms with E-state index >= 15 is 0 Å². The molecule has 2 heterocycles. The summed E-state index contributed by atoms with van der Waals surface area (Å²) in [5.74, 6) is -1.20. The van der Waals surface area contributed by atoms with Crippen LogP contribution in [0.2, 0.25) is 0 Å². The molecule has 208 valence electrons. The number of aromatic nitrogens is 4. The average molecular weight is 546 g/mol. The van der Waals surface area contributed by atoms with Crippen LogP contribution in [0.4, 0.5) is 13.2 Å². The van der Waals surface area contributed by atoms with E-state index < -0.39 is 18.0 Å². The standard InChI is InChI=1S/C26H30F3N7O3/c1-16(31-17(2)37)24(38)35-12-11-22(21(15-35)18-7-5-4-6-8-18)30-14-19-13-20(9-10-23(19)39-3)36-25(26(27,28)29)32-33-34-36/h4-10,13,16,21-22,30H,11-12,14-15H2,1-3H3,(H,31,37)/t16?,21-,22-/m0/s1. The lowest BCUT2D eigenvalue weighted by molar-refractivity contribution is -0.146. The van der Waals surface area contributed by atoms with Crippen LogP contribution in [0.3, 0.4) is 0 Å². The van der Waals surface area contributed by atoms with Crippen molar-refractivity contribution in [2.45, 2.75) is 51.0 Å². The summed E-state index contributed by atoms with van der Waals surface area (Å²) in [4.78, 5) is 26.2. The molecule has 1 unspecified atom stereocenters. The molecule has 2 amide bonds. The molecule has 1 fully saturated rings. The molecule has 1 aliphatic heterocycles. The zero-order valence-corrected chi connectivity index (χ0v) is 21.8. The van der Waals surface area contributed by atoms with E-state index in [1.54, 1.807) is 24.0 Å². The molecule has 0 radical (unpaired) electrons. The van der Waals surface area contributed by atoms with Crippen LogP contribution in [0.15, 0.2) is 48.5 Å². The predicted octanol–water partition coefficient (Wildman–Crippen LogP) is 2.69. The number of alkyl halides is 3. The Kier molecular flexibility index (Phi) is 8.48. The number of hydrogen-bond acceptors (Lipinski definition) is 7. The van der Waals surface area contributed by atoms with E-state index in [-0.39, 0.29) is 29.5 Å². The van der Waals surface area contributed by atoms with E-state index in [1.165, 1.54) is 20.1 Å². The lowest BCUT2D eigenvalue weighted by Crippen LogP contribution is -2.54. The van der Waals surface area contributed by atoms with Crippen LogP contribution in [0.25, 0.3) is 5.69 Å². The van der Waals surface area contributed by atoms with E-state index in [1.807, 2.05) is 30.3 Å². The third-order valence-electron chi connectivity index (χ3n) is 6.73. The van der Waals surface area contributed by atoms with Crippen LogP contribution in [0, 0.1) is 0 Å². The number of nitrogens with one attached hydrogen (secondary N) is 2. The van der Waals surface area contributed by atoms with Crippen LogP contribution < -0.4 is 15.4 Å². The van der Waals surface area contributed by atoms with Gasteiger partial charge in [0, 0.05) is 44.1 Å². The predicted molar refractivity (Wildman–Crippen MR) is 135 cm³/mol. The lowest BCUT2D eigenvalue weighted by Gasteiger charge is -2.40. The quantitative estimate of drug-likeness (QED) is 0.447. The van der Waals surface area contributed by atoms with Crippen molar-refractivity contribution in [3.8, 4) is 11.4 Å². The molecular formula is C26H30F3N7O3. The van der Waals surface area contributed by atoms with Crippen molar-refractivity contribution >= 4 is 11.8 Å². The molecule has 0 saturated carbocycles. The van der Waals surface area contributed by atoms with Gasteiger partial charge in [0.1, 0.15) is 11.8 Å². The maximum atomic E-state index is 13.4. The largest absolute Gasteiger partial charge is 0.496 e. The molecule has 2 N–H and O–H groups in total. The van der Waals surface area contributed by atoms with Crippen molar-refractivity contribution in [2.24, 2.45) is 0 Å². The van der Waals surface area contributed by atoms with Gasteiger partial charge in [-0.05, 0) is 47.5 Å². The van der Waals surface area contributed by atoms with E-state index in [0.29, 0.717) is 42.0 Å². The second-order valence-corrected chi connectivity index (χ2v) is 9.41. The van der Waals surface area contributed by atoms with Crippen LogP contribution in [0.5, 0.6) is 5.75 Å².